The van der Waals surface area contributed by atoms with Crippen LogP contribution in [-0.4, -0.2) is 130 Å². The van der Waals surface area contributed by atoms with Crippen LogP contribution in [0.5, 0.6) is 17.8 Å². The van der Waals surface area contributed by atoms with Crippen LogP contribution in [0.25, 0.3) is 0 Å². The van der Waals surface area contributed by atoms with Gasteiger partial charge in [-0.15, -0.1) is 37.1 Å². The van der Waals surface area contributed by atoms with E-state index < -0.39 is 43.6 Å². The molecule has 0 atom stereocenters. The molecule has 6 aromatic rings. The number of ether oxygens (including phenoxy) is 5. The van der Waals surface area contributed by atoms with Gasteiger partial charge in [0.1, 0.15) is 43.0 Å². The first-order chi connectivity index (χ1) is 33.0. The molecule has 0 spiro atoms. The van der Waals surface area contributed by atoms with E-state index in [1.54, 1.807) is 54.3 Å². The second-order valence-electron chi connectivity index (χ2n) is 12.8. The number of carbonyl (C=O) groups is 2. The van der Waals surface area contributed by atoms with Crippen molar-refractivity contribution >= 4 is 66.6 Å². The average molecular weight is 1070 g/mol. The molecule has 28 nitrogen and oxygen atoms in total. The SMILES string of the molecule is C.COc1nn(C(=O)NS(=O)(=O)c2c(C3=NOCCO3)csc2C)c(=O)n1OC.COc1nn(C(=O)Oc2ccccc2)c(=O)n1OC.Cc1scc(C2=NOCCO2)c1S(N)(=O)=O.[OH-].c1ccccc1. The van der Waals surface area contributed by atoms with Gasteiger partial charge >= 0.3 is 35.5 Å². The van der Waals surface area contributed by atoms with Gasteiger partial charge in [0.15, 0.2) is 13.2 Å². The van der Waals surface area contributed by atoms with E-state index in [1.165, 1.54) is 38.0 Å². The van der Waals surface area contributed by atoms with Gasteiger partial charge in [-0.2, -0.15) is 0 Å². The van der Waals surface area contributed by atoms with E-state index in [4.69, 9.17) is 48.2 Å². The molecule has 8 rings (SSSR count). The second kappa shape index (κ2) is 26.3. The minimum absolute atomic E-state index is 0. The lowest BCUT2D eigenvalue weighted by molar-refractivity contribution is 0.0654. The molecule has 0 fully saturated rings. The highest BCUT2D eigenvalue weighted by Gasteiger charge is 2.32. The third-order valence-corrected chi connectivity index (χ3v) is 13.0. The number of nitrogens with zero attached hydrogens (tertiary/aromatic N) is 8. The predicted octanol–water partition coefficient (Wildman–Crippen LogP) is 1.85. The Bertz CT molecular complexity index is 3100. The van der Waals surface area contributed by atoms with Crippen LogP contribution < -0.4 is 45.1 Å². The summed E-state index contributed by atoms with van der Waals surface area (Å²) in [6, 6.07) is 18.5. The minimum Gasteiger partial charge on any atom is -0.870 e. The summed E-state index contributed by atoms with van der Waals surface area (Å²) in [5.41, 5.74) is -1.37. The van der Waals surface area contributed by atoms with E-state index in [9.17, 15) is 36.0 Å². The predicted molar refractivity (Wildman–Crippen MR) is 252 cm³/mol. The Hall–Kier alpha value is -7.78. The third-order valence-electron chi connectivity index (χ3n) is 8.33. The second-order valence-corrected chi connectivity index (χ2v) is 18.1. The first-order valence-corrected chi connectivity index (χ1v) is 24.1. The van der Waals surface area contributed by atoms with Crippen LogP contribution in [0.4, 0.5) is 9.59 Å². The zero-order chi connectivity index (χ0) is 50.3. The number of nitrogens with two attached hydrogens (primary N) is 1. The molecule has 2 aliphatic heterocycles. The number of thiophene rings is 2. The highest BCUT2D eigenvalue weighted by molar-refractivity contribution is 7.90. The number of methoxy groups -OCH3 is 2. The molecule has 71 heavy (non-hydrogen) atoms. The largest absolute Gasteiger partial charge is 0.870 e. The average Bonchev–Trinajstić information content (AvgIpc) is 4.12. The van der Waals surface area contributed by atoms with Crippen molar-refractivity contribution in [3.8, 4) is 17.8 Å². The van der Waals surface area contributed by atoms with Crippen molar-refractivity contribution in [2.24, 2.45) is 15.5 Å². The number of aromatic nitrogens is 6. The van der Waals surface area contributed by atoms with E-state index in [-0.39, 0.29) is 70.0 Å². The summed E-state index contributed by atoms with van der Waals surface area (Å²) < 4.78 is 77.4. The smallest absolute Gasteiger partial charge is 0.445 e. The monoisotopic (exact) mass is 1070 g/mol. The lowest BCUT2D eigenvalue weighted by atomic mass is 10.3. The van der Waals surface area contributed by atoms with Gasteiger partial charge in [0.2, 0.25) is 10.0 Å². The molecule has 6 heterocycles. The quantitative estimate of drug-likeness (QED) is 0.198. The molecule has 2 aromatic carbocycles. The van der Waals surface area contributed by atoms with E-state index in [0.29, 0.717) is 43.7 Å². The molecule has 386 valence electrons. The summed E-state index contributed by atoms with van der Waals surface area (Å²) >= 11 is 2.39. The maximum absolute atomic E-state index is 12.8. The molecule has 0 bridgehead atoms. The first-order valence-electron chi connectivity index (χ1n) is 19.3. The summed E-state index contributed by atoms with van der Waals surface area (Å²) in [6.07, 6.45) is -0.953. The van der Waals surface area contributed by atoms with Crippen LogP contribution in [0.3, 0.4) is 0 Å². The van der Waals surface area contributed by atoms with E-state index in [0.717, 1.165) is 23.2 Å². The van der Waals surface area contributed by atoms with Gasteiger partial charge in [0.25, 0.3) is 21.8 Å². The Labute approximate surface area is 412 Å². The van der Waals surface area contributed by atoms with Gasteiger partial charge in [-0.1, -0.05) is 76.6 Å². The summed E-state index contributed by atoms with van der Waals surface area (Å²) in [5, 5.41) is 22.9. The number of oxime groups is 2. The maximum Gasteiger partial charge on any atom is 0.445 e. The molecular weight excluding hydrogens is 1020 g/mol. The zero-order valence-electron chi connectivity index (χ0n) is 37.5. The molecule has 0 unspecified atom stereocenters. The molecule has 1 amide bonds. The fraction of sp³-hybridized carbons (Fsp3) is 0.282. The molecule has 0 radical (unpaired) electrons. The minimum atomic E-state index is -4.40. The van der Waals surface area contributed by atoms with E-state index in [1.807, 2.05) is 36.4 Å². The van der Waals surface area contributed by atoms with Crippen molar-refractivity contribution in [2.45, 2.75) is 31.1 Å². The Morgan fingerprint density at radius 2 is 1.10 bits per heavy atom. The third kappa shape index (κ3) is 14.4. The van der Waals surface area contributed by atoms with Crippen LogP contribution in [0, 0.1) is 13.8 Å². The molecule has 0 aliphatic carbocycles. The van der Waals surface area contributed by atoms with Crippen molar-refractivity contribution in [1.29, 1.82) is 0 Å². The van der Waals surface area contributed by atoms with E-state index >= 15 is 0 Å². The maximum atomic E-state index is 12.8. The van der Waals surface area contributed by atoms with Gasteiger partial charge in [0, 0.05) is 20.5 Å². The molecule has 4 aromatic heterocycles. The van der Waals surface area contributed by atoms with Crippen molar-refractivity contribution < 1.29 is 74.9 Å². The number of sulfonamides is 2. The lowest BCUT2D eigenvalue weighted by Crippen LogP contribution is -2.41. The number of nitrogens with one attached hydrogen (secondary N) is 1. The standard InChI is InChI=1S/C13H15N5O8S2.C11H11N3O5.C8H10N2O4S2.C6H6.CH4.H2O/c1-7-9(8(6-27-7)10-15-26-5-4-25-10)28(21,22)16-11(19)17-13(20)18(24-3)12(14-17)23-2;1-17-9-12-13(10(15)14(9)18-2)11(16)19-8-6-4-3-5-7-8;1-5-7(16(9,11)12)6(4-15-5)8-10-14-3-2-13-8;1-2-4-6-5-3-1;;/h6H,4-5H2,1-3H3,(H,16,19);3-7H,1-2H3;4H,2-3H2,1H3,(H2,9,11,12);1-6H;1H4;1H2/p-1. The van der Waals surface area contributed by atoms with E-state index in [2.05, 4.69) is 20.5 Å². The molecule has 2 aliphatic rings. The Balaban J connectivity index is 0.000000271. The molecular formula is C39H47N10O18S4-. The summed E-state index contributed by atoms with van der Waals surface area (Å²) in [7, 11) is -3.29. The highest BCUT2D eigenvalue weighted by Crippen LogP contribution is 2.29. The van der Waals surface area contributed by atoms with Gasteiger partial charge in [-0.25, -0.2) is 45.9 Å². The van der Waals surface area contributed by atoms with Gasteiger partial charge in [0.05, 0.1) is 25.3 Å². The first kappa shape index (κ1) is 57.5. The fourth-order valence-corrected chi connectivity index (χ4v) is 10.1. The Morgan fingerprint density at radius 3 is 1.51 bits per heavy atom. The molecule has 4 N–H and O–H groups in total. The van der Waals surface area contributed by atoms with Crippen LogP contribution in [-0.2, 0) is 39.2 Å². The number of hydrogen-bond acceptors (Lipinski definition) is 24. The molecule has 32 heteroatoms. The highest BCUT2D eigenvalue weighted by atomic mass is 32.2. The van der Waals surface area contributed by atoms with Crippen LogP contribution >= 0.6 is 22.7 Å². The molecule has 0 saturated carbocycles. The fourth-order valence-electron chi connectivity index (χ4n) is 5.45. The Morgan fingerprint density at radius 1 is 0.676 bits per heavy atom. The van der Waals surface area contributed by atoms with Crippen molar-refractivity contribution in [3.63, 3.8) is 0 Å². The number of primary sulfonamides is 1. The van der Waals surface area contributed by atoms with Crippen molar-refractivity contribution in [1.82, 2.24) is 33.7 Å². The number of carbonyl (C=O) groups excluding carboxylic acids is 2. The number of benzene rings is 2. The number of para-hydroxylation sites is 1. The van der Waals surface area contributed by atoms with Crippen molar-refractivity contribution in [2.75, 3.05) is 54.9 Å². The van der Waals surface area contributed by atoms with Gasteiger partial charge < -0.3 is 48.5 Å². The summed E-state index contributed by atoms with van der Waals surface area (Å²) in [4.78, 5) is 68.1. The zero-order valence-corrected chi connectivity index (χ0v) is 40.8. The summed E-state index contributed by atoms with van der Waals surface area (Å²) in [5.74, 6) is 0.441. The van der Waals surface area contributed by atoms with Gasteiger partial charge in [-0.3, -0.25) is 0 Å². The topological polar surface area (TPSA) is 358 Å². The Kier molecular flexibility index (Phi) is 21.3. The summed E-state index contributed by atoms with van der Waals surface area (Å²) in [6.45, 7) is 4.36. The molecule has 0 saturated heterocycles. The number of aryl methyl sites for hydroxylation is 2. The number of hydrogen-bond donors (Lipinski definition) is 2. The van der Waals surface area contributed by atoms with Gasteiger partial charge in [-0.05, 0) is 36.3 Å². The number of amides is 1. The van der Waals surface area contributed by atoms with Crippen LogP contribution in [0.1, 0.15) is 28.3 Å². The van der Waals surface area contributed by atoms with Crippen LogP contribution in [0.15, 0.2) is 107 Å². The lowest BCUT2D eigenvalue weighted by Gasteiger charge is -2.14. The normalized spacial score (nSPS) is 12.5. The van der Waals surface area contributed by atoms with Crippen molar-refractivity contribution in [3.05, 3.63) is 119 Å². The van der Waals surface area contributed by atoms with Crippen LogP contribution in [0.2, 0.25) is 0 Å². The number of rotatable bonds is 10.